The molecule has 2 aromatic rings. The van der Waals surface area contributed by atoms with Crippen molar-refractivity contribution in [2.75, 3.05) is 0 Å². The second-order valence-corrected chi connectivity index (χ2v) is 4.48. The van der Waals surface area contributed by atoms with Gasteiger partial charge in [-0.15, -0.1) is 0 Å². The number of aryl methyl sites for hydroxylation is 2. The van der Waals surface area contributed by atoms with Crippen LogP contribution in [0.5, 0.6) is 0 Å². The fourth-order valence-electron chi connectivity index (χ4n) is 1.94. The molecule has 0 aromatic carbocycles. The van der Waals surface area contributed by atoms with Crippen LogP contribution >= 0.6 is 0 Å². The van der Waals surface area contributed by atoms with Crippen LogP contribution in [0.25, 0.3) is 0 Å². The summed E-state index contributed by atoms with van der Waals surface area (Å²) in [6.45, 7) is 5.96. The van der Waals surface area contributed by atoms with E-state index in [4.69, 9.17) is 0 Å². The van der Waals surface area contributed by atoms with Crippen LogP contribution in [0.3, 0.4) is 0 Å². The van der Waals surface area contributed by atoms with E-state index in [2.05, 4.69) is 24.0 Å². The lowest BCUT2D eigenvalue weighted by atomic mass is 10.1. The molecule has 0 aliphatic rings. The maximum Gasteiger partial charge on any atom is 0.110 e. The van der Waals surface area contributed by atoms with Crippen LogP contribution < -0.4 is 0 Å². The fourth-order valence-corrected chi connectivity index (χ4v) is 1.94. The Hall–Kier alpha value is -1.62. The van der Waals surface area contributed by atoms with E-state index in [1.54, 1.807) is 12.4 Å². The Bertz CT molecular complexity index is 444. The van der Waals surface area contributed by atoms with Gasteiger partial charge in [0.15, 0.2) is 0 Å². The number of aliphatic hydroxyl groups is 1. The molecule has 0 aliphatic carbocycles. The van der Waals surface area contributed by atoms with Crippen LogP contribution in [0.2, 0.25) is 0 Å². The number of aliphatic hydroxyl groups excluding tert-OH is 1. The first-order chi connectivity index (χ1) is 8.74. The largest absolute Gasteiger partial charge is 0.383 e. The Kier molecular flexibility index (Phi) is 4.15. The molecular formula is C13H20N4O. The summed E-state index contributed by atoms with van der Waals surface area (Å²) in [6.07, 6.45) is 8.66. The maximum absolute atomic E-state index is 10.2. The molecule has 2 rings (SSSR count). The van der Waals surface area contributed by atoms with Crippen LogP contribution in [0.1, 0.15) is 43.9 Å². The van der Waals surface area contributed by atoms with Gasteiger partial charge in [-0.1, -0.05) is 13.8 Å². The molecule has 1 N–H and O–H groups in total. The predicted molar refractivity (Wildman–Crippen MR) is 69.1 cm³/mol. The highest BCUT2D eigenvalue weighted by Gasteiger charge is 2.14. The molecule has 0 aliphatic heterocycles. The third-order valence-corrected chi connectivity index (χ3v) is 2.84. The molecule has 2 aromatic heterocycles. The van der Waals surface area contributed by atoms with Gasteiger partial charge in [0.2, 0.25) is 0 Å². The van der Waals surface area contributed by atoms with Crippen molar-refractivity contribution >= 4 is 0 Å². The van der Waals surface area contributed by atoms with Gasteiger partial charge < -0.3 is 5.11 Å². The van der Waals surface area contributed by atoms with Crippen molar-refractivity contribution in [3.8, 4) is 0 Å². The standard InChI is InChI=1S/C13H20N4O/c1-3-5-16-9-11(7-14-16)13(18)12-8-15-17(10-12)6-4-2/h7-10,13,18H,3-6H2,1-2H3. The summed E-state index contributed by atoms with van der Waals surface area (Å²) in [4.78, 5) is 0. The number of aromatic nitrogens is 4. The molecule has 0 saturated heterocycles. The second-order valence-electron chi connectivity index (χ2n) is 4.48. The maximum atomic E-state index is 10.2. The van der Waals surface area contributed by atoms with E-state index in [-0.39, 0.29) is 0 Å². The highest BCUT2D eigenvalue weighted by molar-refractivity contribution is 5.22. The zero-order valence-corrected chi connectivity index (χ0v) is 11.0. The van der Waals surface area contributed by atoms with Gasteiger partial charge in [-0.25, -0.2) is 0 Å². The second kappa shape index (κ2) is 5.82. The van der Waals surface area contributed by atoms with Gasteiger partial charge in [-0.2, -0.15) is 10.2 Å². The van der Waals surface area contributed by atoms with Gasteiger partial charge in [-0.3, -0.25) is 9.36 Å². The smallest absolute Gasteiger partial charge is 0.110 e. The van der Waals surface area contributed by atoms with Crippen LogP contribution in [0, 0.1) is 0 Å². The lowest BCUT2D eigenvalue weighted by molar-refractivity contribution is 0.220. The Balaban J connectivity index is 2.10. The Labute approximate surface area is 107 Å². The zero-order chi connectivity index (χ0) is 13.0. The molecule has 2 heterocycles. The first-order valence-electron chi connectivity index (χ1n) is 6.47. The summed E-state index contributed by atoms with van der Waals surface area (Å²) in [7, 11) is 0. The summed E-state index contributed by atoms with van der Waals surface area (Å²) in [5.41, 5.74) is 1.64. The number of hydrogen-bond donors (Lipinski definition) is 1. The predicted octanol–water partition coefficient (Wildman–Crippen LogP) is 1.98. The van der Waals surface area contributed by atoms with Gasteiger partial charge in [0.1, 0.15) is 6.10 Å². The van der Waals surface area contributed by atoms with Crippen molar-refractivity contribution < 1.29 is 5.11 Å². The van der Waals surface area contributed by atoms with Crippen molar-refractivity contribution in [1.29, 1.82) is 0 Å². The summed E-state index contributed by atoms with van der Waals surface area (Å²) >= 11 is 0. The topological polar surface area (TPSA) is 55.9 Å². The highest BCUT2D eigenvalue weighted by atomic mass is 16.3. The monoisotopic (exact) mass is 248 g/mol. The first-order valence-corrected chi connectivity index (χ1v) is 6.47. The highest BCUT2D eigenvalue weighted by Crippen LogP contribution is 2.20. The third-order valence-electron chi connectivity index (χ3n) is 2.84. The van der Waals surface area contributed by atoms with Gasteiger partial charge in [-0.05, 0) is 12.8 Å². The van der Waals surface area contributed by atoms with Crippen molar-refractivity contribution in [1.82, 2.24) is 19.6 Å². The molecule has 0 bridgehead atoms. The molecule has 0 saturated carbocycles. The van der Waals surface area contributed by atoms with Crippen molar-refractivity contribution in [2.24, 2.45) is 0 Å². The molecular weight excluding hydrogens is 228 g/mol. The molecule has 0 fully saturated rings. The molecule has 0 unspecified atom stereocenters. The van der Waals surface area contributed by atoms with Crippen molar-refractivity contribution in [3.63, 3.8) is 0 Å². The van der Waals surface area contributed by atoms with Gasteiger partial charge in [0.25, 0.3) is 0 Å². The van der Waals surface area contributed by atoms with E-state index in [1.807, 2.05) is 21.8 Å². The lowest BCUT2D eigenvalue weighted by Gasteiger charge is -2.04. The van der Waals surface area contributed by atoms with E-state index in [9.17, 15) is 5.11 Å². The average Bonchev–Trinajstić information content (AvgIpc) is 2.98. The van der Waals surface area contributed by atoms with E-state index in [0.29, 0.717) is 0 Å². The number of nitrogens with zero attached hydrogens (tertiary/aromatic N) is 4. The van der Waals surface area contributed by atoms with E-state index >= 15 is 0 Å². The minimum atomic E-state index is -0.638. The fraction of sp³-hybridized carbons (Fsp3) is 0.538. The minimum absolute atomic E-state index is 0.638. The first kappa shape index (κ1) is 12.8. The molecule has 0 atom stereocenters. The SMILES string of the molecule is CCCn1cc(C(O)c2cnn(CCC)c2)cn1. The molecule has 0 radical (unpaired) electrons. The molecule has 98 valence electrons. The van der Waals surface area contributed by atoms with Gasteiger partial charge >= 0.3 is 0 Å². The Morgan fingerprint density at radius 1 is 1.00 bits per heavy atom. The van der Waals surface area contributed by atoms with Gasteiger partial charge in [0, 0.05) is 36.6 Å². The van der Waals surface area contributed by atoms with E-state index < -0.39 is 6.10 Å². The summed E-state index contributed by atoms with van der Waals surface area (Å²) in [5, 5.41) is 18.7. The van der Waals surface area contributed by atoms with Crippen LogP contribution in [0.15, 0.2) is 24.8 Å². The zero-order valence-electron chi connectivity index (χ0n) is 11.0. The van der Waals surface area contributed by atoms with Crippen LogP contribution in [0.4, 0.5) is 0 Å². The normalized spacial score (nSPS) is 11.3. The molecule has 0 spiro atoms. The van der Waals surface area contributed by atoms with Crippen LogP contribution in [-0.4, -0.2) is 24.7 Å². The van der Waals surface area contributed by atoms with Crippen LogP contribution in [-0.2, 0) is 13.1 Å². The Morgan fingerprint density at radius 3 is 1.83 bits per heavy atom. The summed E-state index contributed by atoms with van der Waals surface area (Å²) in [5.74, 6) is 0. The molecule has 5 heteroatoms. The summed E-state index contributed by atoms with van der Waals surface area (Å²) in [6, 6.07) is 0. The van der Waals surface area contributed by atoms with Crippen molar-refractivity contribution in [3.05, 3.63) is 35.9 Å². The quantitative estimate of drug-likeness (QED) is 0.850. The number of rotatable bonds is 6. The van der Waals surface area contributed by atoms with Gasteiger partial charge in [0.05, 0.1) is 12.4 Å². The van der Waals surface area contributed by atoms with Crippen molar-refractivity contribution in [2.45, 2.75) is 45.9 Å². The van der Waals surface area contributed by atoms with E-state index in [1.165, 1.54) is 0 Å². The van der Waals surface area contributed by atoms with E-state index in [0.717, 1.165) is 37.1 Å². The summed E-state index contributed by atoms with van der Waals surface area (Å²) < 4.78 is 3.71. The minimum Gasteiger partial charge on any atom is -0.383 e. The molecule has 5 nitrogen and oxygen atoms in total. The molecule has 0 amide bonds. The third kappa shape index (κ3) is 2.79. The number of hydrogen-bond acceptors (Lipinski definition) is 3. The molecule has 18 heavy (non-hydrogen) atoms. The Morgan fingerprint density at radius 2 is 1.44 bits per heavy atom. The average molecular weight is 248 g/mol. The lowest BCUT2D eigenvalue weighted by Crippen LogP contribution is -1.99.